The molecule has 1 nitrogen and oxygen atoms in total. The highest BCUT2D eigenvalue weighted by molar-refractivity contribution is 9.10. The van der Waals surface area contributed by atoms with E-state index in [1.807, 2.05) is 30.3 Å². The normalized spacial score (nSPS) is 10.3. The van der Waals surface area contributed by atoms with Crippen LogP contribution in [0.2, 0.25) is 5.02 Å². The summed E-state index contributed by atoms with van der Waals surface area (Å²) < 4.78 is 6.21. The van der Waals surface area contributed by atoms with Gasteiger partial charge >= 0.3 is 0 Å². The summed E-state index contributed by atoms with van der Waals surface area (Å²) in [5.74, 6) is 0.837. The summed E-state index contributed by atoms with van der Waals surface area (Å²) in [6, 6.07) is 9.37. The molecule has 0 amide bonds. The van der Waals surface area contributed by atoms with Crippen molar-refractivity contribution >= 4 is 27.5 Å². The minimum Gasteiger partial charge on any atom is -0.464 e. The predicted molar refractivity (Wildman–Crippen MR) is 56.9 cm³/mol. The van der Waals surface area contributed by atoms with Gasteiger partial charge in [-0.15, -0.1) is 0 Å². The topological polar surface area (TPSA) is 13.1 Å². The van der Waals surface area contributed by atoms with Crippen LogP contribution >= 0.6 is 27.5 Å². The molecule has 0 aliphatic carbocycles. The molecule has 0 unspecified atom stereocenters. The zero-order valence-electron chi connectivity index (χ0n) is 6.63. The van der Waals surface area contributed by atoms with Gasteiger partial charge in [0, 0.05) is 15.1 Å². The Bertz CT molecular complexity index is 409. The van der Waals surface area contributed by atoms with Crippen LogP contribution in [0, 0.1) is 0 Å². The van der Waals surface area contributed by atoms with Gasteiger partial charge in [-0.25, -0.2) is 0 Å². The fourth-order valence-electron chi connectivity index (χ4n) is 1.12. The Morgan fingerprint density at radius 3 is 2.69 bits per heavy atom. The van der Waals surface area contributed by atoms with E-state index >= 15 is 0 Å². The fraction of sp³-hybridized carbons (Fsp3) is 0. The molecule has 0 spiro atoms. The van der Waals surface area contributed by atoms with E-state index in [-0.39, 0.29) is 0 Å². The smallest absolute Gasteiger partial charge is 0.134 e. The number of halogens is 2. The third-order valence-corrected chi connectivity index (χ3v) is 2.61. The van der Waals surface area contributed by atoms with E-state index in [9.17, 15) is 0 Å². The molecule has 2 aromatic rings. The van der Waals surface area contributed by atoms with Gasteiger partial charge in [-0.3, -0.25) is 0 Å². The average molecular weight is 258 g/mol. The lowest BCUT2D eigenvalue weighted by atomic mass is 10.2. The van der Waals surface area contributed by atoms with Crippen LogP contribution in [-0.4, -0.2) is 0 Å². The summed E-state index contributed by atoms with van der Waals surface area (Å²) >= 11 is 9.24. The van der Waals surface area contributed by atoms with E-state index in [4.69, 9.17) is 16.0 Å². The first-order valence-electron chi connectivity index (χ1n) is 3.76. The minimum atomic E-state index is 0.710. The summed E-state index contributed by atoms with van der Waals surface area (Å²) in [6.45, 7) is 0. The van der Waals surface area contributed by atoms with Crippen molar-refractivity contribution in [3.05, 3.63) is 46.1 Å². The molecular weight excluding hydrogens is 251 g/mol. The molecule has 0 aliphatic rings. The summed E-state index contributed by atoms with van der Waals surface area (Å²) in [4.78, 5) is 0. The molecule has 0 saturated heterocycles. The molecular formula is C10H6BrClO. The van der Waals surface area contributed by atoms with Crippen molar-refractivity contribution in [2.75, 3.05) is 0 Å². The van der Waals surface area contributed by atoms with Crippen molar-refractivity contribution in [1.82, 2.24) is 0 Å². The summed E-state index contributed by atoms with van der Waals surface area (Å²) in [7, 11) is 0. The molecule has 1 heterocycles. The molecule has 2 rings (SSSR count). The van der Waals surface area contributed by atoms with E-state index in [1.165, 1.54) is 0 Å². The highest BCUT2D eigenvalue weighted by Gasteiger charge is 2.05. The van der Waals surface area contributed by atoms with Crippen molar-refractivity contribution in [3.8, 4) is 11.3 Å². The molecule has 13 heavy (non-hydrogen) atoms. The van der Waals surface area contributed by atoms with Crippen LogP contribution in [0.5, 0.6) is 0 Å². The van der Waals surface area contributed by atoms with Gasteiger partial charge in [0.15, 0.2) is 0 Å². The molecule has 0 saturated carbocycles. The molecule has 0 aliphatic heterocycles. The second kappa shape index (κ2) is 3.56. The molecule has 66 valence electrons. The van der Waals surface area contributed by atoms with Crippen molar-refractivity contribution in [2.45, 2.75) is 0 Å². The van der Waals surface area contributed by atoms with Crippen molar-refractivity contribution in [1.29, 1.82) is 0 Å². The summed E-state index contributed by atoms with van der Waals surface area (Å²) in [6.07, 6.45) is 1.65. The Morgan fingerprint density at radius 2 is 2.08 bits per heavy atom. The van der Waals surface area contributed by atoms with Gasteiger partial charge in [-0.05, 0) is 46.3 Å². The van der Waals surface area contributed by atoms with Gasteiger partial charge < -0.3 is 4.42 Å². The number of benzene rings is 1. The van der Waals surface area contributed by atoms with Crippen molar-refractivity contribution in [2.24, 2.45) is 0 Å². The van der Waals surface area contributed by atoms with Crippen LogP contribution in [0.1, 0.15) is 0 Å². The standard InChI is InChI=1S/C10H6BrClO/c11-9-6-7(12)3-4-8(9)10-2-1-5-13-10/h1-6H. The summed E-state index contributed by atoms with van der Waals surface area (Å²) in [5.41, 5.74) is 1.01. The third-order valence-electron chi connectivity index (χ3n) is 1.72. The van der Waals surface area contributed by atoms with Crippen molar-refractivity contribution in [3.63, 3.8) is 0 Å². The maximum Gasteiger partial charge on any atom is 0.134 e. The maximum atomic E-state index is 5.82. The highest BCUT2D eigenvalue weighted by Crippen LogP contribution is 2.30. The zero-order valence-corrected chi connectivity index (χ0v) is 8.97. The third kappa shape index (κ3) is 1.79. The Morgan fingerprint density at radius 1 is 1.23 bits per heavy atom. The first kappa shape index (κ1) is 8.85. The van der Waals surface area contributed by atoms with Crippen LogP contribution in [0.15, 0.2) is 45.5 Å². The van der Waals surface area contributed by atoms with Crippen LogP contribution in [0.3, 0.4) is 0 Å². The second-order valence-corrected chi connectivity index (χ2v) is 3.89. The lowest BCUT2D eigenvalue weighted by Crippen LogP contribution is -1.75. The average Bonchev–Trinajstić information content (AvgIpc) is 2.56. The lowest BCUT2D eigenvalue weighted by Gasteiger charge is -2.00. The van der Waals surface area contributed by atoms with E-state index in [0.29, 0.717) is 5.02 Å². The van der Waals surface area contributed by atoms with Gasteiger partial charge in [0.1, 0.15) is 5.76 Å². The molecule has 0 bridgehead atoms. The SMILES string of the molecule is Clc1ccc(-c2ccco2)c(Br)c1. The van der Waals surface area contributed by atoms with E-state index in [0.717, 1.165) is 15.8 Å². The van der Waals surface area contributed by atoms with Gasteiger partial charge in [0.05, 0.1) is 6.26 Å². The number of hydrogen-bond acceptors (Lipinski definition) is 1. The van der Waals surface area contributed by atoms with Gasteiger partial charge in [0.2, 0.25) is 0 Å². The molecule has 0 N–H and O–H groups in total. The Labute approximate surface area is 89.5 Å². The van der Waals surface area contributed by atoms with E-state index < -0.39 is 0 Å². The lowest BCUT2D eigenvalue weighted by molar-refractivity contribution is 0.582. The molecule has 0 radical (unpaired) electrons. The Balaban J connectivity index is 2.53. The fourth-order valence-corrected chi connectivity index (χ4v) is 2.00. The van der Waals surface area contributed by atoms with Crippen LogP contribution in [-0.2, 0) is 0 Å². The molecule has 1 aromatic carbocycles. The predicted octanol–water partition coefficient (Wildman–Crippen LogP) is 4.36. The van der Waals surface area contributed by atoms with E-state index in [1.54, 1.807) is 6.26 Å². The summed E-state index contributed by atoms with van der Waals surface area (Å²) in [5, 5.41) is 0.710. The Kier molecular flexibility index (Phi) is 2.42. The first-order valence-corrected chi connectivity index (χ1v) is 4.93. The molecule has 3 heteroatoms. The first-order chi connectivity index (χ1) is 6.27. The number of hydrogen-bond donors (Lipinski definition) is 0. The quantitative estimate of drug-likeness (QED) is 0.740. The molecule has 1 aromatic heterocycles. The second-order valence-electron chi connectivity index (χ2n) is 2.60. The molecule has 0 atom stereocenters. The van der Waals surface area contributed by atoms with Gasteiger partial charge in [-0.1, -0.05) is 11.6 Å². The van der Waals surface area contributed by atoms with Crippen LogP contribution < -0.4 is 0 Å². The largest absolute Gasteiger partial charge is 0.464 e. The highest BCUT2D eigenvalue weighted by atomic mass is 79.9. The van der Waals surface area contributed by atoms with Gasteiger partial charge in [0.25, 0.3) is 0 Å². The van der Waals surface area contributed by atoms with Gasteiger partial charge in [-0.2, -0.15) is 0 Å². The van der Waals surface area contributed by atoms with E-state index in [2.05, 4.69) is 15.9 Å². The monoisotopic (exact) mass is 256 g/mol. The zero-order chi connectivity index (χ0) is 9.26. The molecule has 0 fully saturated rings. The van der Waals surface area contributed by atoms with Crippen molar-refractivity contribution < 1.29 is 4.42 Å². The minimum absolute atomic E-state index is 0.710. The van der Waals surface area contributed by atoms with Crippen LogP contribution in [0.4, 0.5) is 0 Å². The van der Waals surface area contributed by atoms with Crippen LogP contribution in [0.25, 0.3) is 11.3 Å². The number of rotatable bonds is 1. The number of furan rings is 1. The maximum absolute atomic E-state index is 5.82. The Hall–Kier alpha value is -0.730.